The highest BCUT2D eigenvalue weighted by Crippen LogP contribution is 2.10. The van der Waals surface area contributed by atoms with Crippen molar-refractivity contribution in [2.75, 3.05) is 13.2 Å². The van der Waals surface area contributed by atoms with Crippen molar-refractivity contribution in [3.63, 3.8) is 0 Å². The fraction of sp³-hybridized carbons (Fsp3) is 0.333. The van der Waals surface area contributed by atoms with Crippen LogP contribution in [0.15, 0.2) is 34.9 Å². The van der Waals surface area contributed by atoms with Crippen LogP contribution in [0.2, 0.25) is 0 Å². The largest absolute Gasteiger partial charge is 0.493 e. The van der Waals surface area contributed by atoms with Crippen LogP contribution in [0.5, 0.6) is 5.75 Å². The third-order valence-electron chi connectivity index (χ3n) is 2.33. The zero-order valence-electron chi connectivity index (χ0n) is 9.82. The molecule has 0 bridgehead atoms. The van der Waals surface area contributed by atoms with Crippen molar-refractivity contribution >= 4 is 0 Å². The molecular weight excluding hydrogens is 234 g/mol. The number of nitrogens with zero attached hydrogens (tertiary/aromatic N) is 2. The molecule has 1 aromatic carbocycles. The summed E-state index contributed by atoms with van der Waals surface area (Å²) in [5.74, 6) is 1.43. The lowest BCUT2D eigenvalue weighted by atomic mass is 10.3. The summed E-state index contributed by atoms with van der Waals surface area (Å²) in [6.45, 7) is 0.504. The van der Waals surface area contributed by atoms with Gasteiger partial charge in [0.25, 0.3) is 5.89 Å². The molecular formula is C12H15N3O3. The second-order valence-corrected chi connectivity index (χ2v) is 3.71. The van der Waals surface area contributed by atoms with Crippen LogP contribution in [-0.4, -0.2) is 28.4 Å². The molecule has 0 aliphatic rings. The number of hydrogen-bond donors (Lipinski definition) is 2. The van der Waals surface area contributed by atoms with Gasteiger partial charge in [-0.1, -0.05) is 23.4 Å². The summed E-state index contributed by atoms with van der Waals surface area (Å²) < 4.78 is 10.4. The van der Waals surface area contributed by atoms with E-state index in [1.165, 1.54) is 0 Å². The molecule has 0 saturated carbocycles. The summed E-state index contributed by atoms with van der Waals surface area (Å²) >= 11 is 0. The van der Waals surface area contributed by atoms with Crippen LogP contribution in [-0.2, 0) is 6.42 Å². The van der Waals surface area contributed by atoms with Gasteiger partial charge in [-0.05, 0) is 12.1 Å². The van der Waals surface area contributed by atoms with Gasteiger partial charge in [0.15, 0.2) is 5.82 Å². The van der Waals surface area contributed by atoms with E-state index in [0.29, 0.717) is 18.9 Å². The highest BCUT2D eigenvalue weighted by Gasteiger charge is 2.13. The summed E-state index contributed by atoms with van der Waals surface area (Å²) in [5.41, 5.74) is 5.29. The topological polar surface area (TPSA) is 94.4 Å². The molecule has 96 valence electrons. The van der Waals surface area contributed by atoms with Gasteiger partial charge in [-0.2, -0.15) is 4.98 Å². The molecule has 0 amide bonds. The number of nitrogens with two attached hydrogens (primary N) is 1. The summed E-state index contributed by atoms with van der Waals surface area (Å²) in [6.07, 6.45) is -0.392. The molecule has 0 spiro atoms. The zero-order valence-corrected chi connectivity index (χ0v) is 9.82. The Hall–Kier alpha value is -1.92. The number of hydrogen-bond acceptors (Lipinski definition) is 6. The normalized spacial score (nSPS) is 12.3. The number of benzene rings is 1. The van der Waals surface area contributed by atoms with Gasteiger partial charge in [-0.3, -0.25) is 0 Å². The molecule has 0 saturated heterocycles. The number of ether oxygens (including phenoxy) is 1. The Morgan fingerprint density at radius 2 is 2.11 bits per heavy atom. The van der Waals surface area contributed by atoms with E-state index < -0.39 is 6.10 Å². The number of para-hydroxylation sites is 1. The lowest BCUT2D eigenvalue weighted by Gasteiger charge is -2.03. The van der Waals surface area contributed by atoms with Crippen molar-refractivity contribution < 1.29 is 14.4 Å². The maximum absolute atomic E-state index is 9.39. The molecule has 0 radical (unpaired) electrons. The van der Waals surface area contributed by atoms with Crippen molar-refractivity contribution in [2.24, 2.45) is 5.73 Å². The summed E-state index contributed by atoms with van der Waals surface area (Å²) in [6, 6.07) is 9.48. The fourth-order valence-corrected chi connectivity index (χ4v) is 1.38. The first-order valence-corrected chi connectivity index (χ1v) is 5.68. The van der Waals surface area contributed by atoms with Crippen molar-refractivity contribution in [3.8, 4) is 5.75 Å². The third-order valence-corrected chi connectivity index (χ3v) is 2.33. The molecule has 1 atom stereocenters. The molecule has 6 heteroatoms. The van der Waals surface area contributed by atoms with Gasteiger partial charge in [0.1, 0.15) is 11.9 Å². The van der Waals surface area contributed by atoms with Gasteiger partial charge in [-0.25, -0.2) is 0 Å². The minimum Gasteiger partial charge on any atom is -0.493 e. The van der Waals surface area contributed by atoms with E-state index in [2.05, 4.69) is 10.1 Å². The highest BCUT2D eigenvalue weighted by atomic mass is 16.5. The molecule has 0 aliphatic heterocycles. The van der Waals surface area contributed by atoms with Crippen LogP contribution >= 0.6 is 0 Å². The van der Waals surface area contributed by atoms with E-state index in [1.54, 1.807) is 0 Å². The quantitative estimate of drug-likeness (QED) is 0.782. The van der Waals surface area contributed by atoms with Crippen LogP contribution in [0.25, 0.3) is 0 Å². The molecule has 6 nitrogen and oxygen atoms in total. The van der Waals surface area contributed by atoms with E-state index in [9.17, 15) is 5.11 Å². The van der Waals surface area contributed by atoms with E-state index in [0.717, 1.165) is 5.75 Å². The van der Waals surface area contributed by atoms with E-state index in [-0.39, 0.29) is 12.4 Å². The number of aliphatic hydroxyl groups excluding tert-OH is 1. The average Bonchev–Trinajstić information content (AvgIpc) is 2.88. The second-order valence-electron chi connectivity index (χ2n) is 3.71. The average molecular weight is 249 g/mol. The monoisotopic (exact) mass is 249 g/mol. The van der Waals surface area contributed by atoms with Gasteiger partial charge in [0.05, 0.1) is 6.61 Å². The van der Waals surface area contributed by atoms with Gasteiger partial charge in [0.2, 0.25) is 0 Å². The molecule has 0 fully saturated rings. The van der Waals surface area contributed by atoms with Crippen LogP contribution in [0.4, 0.5) is 0 Å². The SMILES string of the molecule is NCC(O)c1nc(CCOc2ccccc2)no1. The molecule has 2 aromatic rings. The summed E-state index contributed by atoms with van der Waals surface area (Å²) in [5, 5.41) is 13.1. The molecule has 1 heterocycles. The minimum absolute atomic E-state index is 0.0577. The van der Waals surface area contributed by atoms with E-state index >= 15 is 0 Å². The van der Waals surface area contributed by atoms with E-state index in [1.807, 2.05) is 30.3 Å². The molecule has 2 rings (SSSR count). The Bertz CT molecular complexity index is 472. The first-order valence-electron chi connectivity index (χ1n) is 5.68. The smallest absolute Gasteiger partial charge is 0.256 e. The summed E-state index contributed by atoms with van der Waals surface area (Å²) in [7, 11) is 0. The Morgan fingerprint density at radius 1 is 1.33 bits per heavy atom. The molecule has 18 heavy (non-hydrogen) atoms. The first-order chi connectivity index (χ1) is 8.79. The highest BCUT2D eigenvalue weighted by molar-refractivity contribution is 5.20. The lowest BCUT2D eigenvalue weighted by Crippen LogP contribution is -2.12. The van der Waals surface area contributed by atoms with Gasteiger partial charge in [-0.15, -0.1) is 0 Å². The van der Waals surface area contributed by atoms with Gasteiger partial charge >= 0.3 is 0 Å². The molecule has 0 aliphatic carbocycles. The Labute approximate surface area is 104 Å². The second kappa shape index (κ2) is 6.13. The third kappa shape index (κ3) is 3.28. The van der Waals surface area contributed by atoms with Crippen LogP contribution < -0.4 is 10.5 Å². The van der Waals surface area contributed by atoms with Gasteiger partial charge < -0.3 is 20.1 Å². The number of rotatable bonds is 6. The zero-order chi connectivity index (χ0) is 12.8. The Kier molecular flexibility index (Phi) is 4.27. The fourth-order valence-electron chi connectivity index (χ4n) is 1.38. The first kappa shape index (κ1) is 12.5. The maximum Gasteiger partial charge on any atom is 0.256 e. The van der Waals surface area contributed by atoms with Crippen LogP contribution in [0.1, 0.15) is 17.8 Å². The Morgan fingerprint density at radius 3 is 2.83 bits per heavy atom. The molecule has 1 unspecified atom stereocenters. The Balaban J connectivity index is 1.82. The lowest BCUT2D eigenvalue weighted by molar-refractivity contribution is 0.141. The van der Waals surface area contributed by atoms with Crippen molar-refractivity contribution in [3.05, 3.63) is 42.0 Å². The predicted octanol–water partition coefficient (Wildman–Crippen LogP) is 0.683. The molecule has 1 aromatic heterocycles. The van der Waals surface area contributed by atoms with Crippen LogP contribution in [0, 0.1) is 0 Å². The molecule has 3 N–H and O–H groups in total. The minimum atomic E-state index is -0.902. The maximum atomic E-state index is 9.39. The standard InChI is InChI=1S/C12H15N3O3/c13-8-10(16)12-14-11(15-18-12)6-7-17-9-4-2-1-3-5-9/h1-5,10,16H,6-8,13H2. The number of aromatic nitrogens is 2. The van der Waals surface area contributed by atoms with Crippen molar-refractivity contribution in [1.82, 2.24) is 10.1 Å². The van der Waals surface area contributed by atoms with Gasteiger partial charge in [0, 0.05) is 13.0 Å². The summed E-state index contributed by atoms with van der Waals surface area (Å²) in [4.78, 5) is 4.02. The van der Waals surface area contributed by atoms with Crippen molar-refractivity contribution in [1.29, 1.82) is 0 Å². The van der Waals surface area contributed by atoms with E-state index in [4.69, 9.17) is 15.0 Å². The number of aliphatic hydroxyl groups is 1. The van der Waals surface area contributed by atoms with Crippen molar-refractivity contribution in [2.45, 2.75) is 12.5 Å². The predicted molar refractivity (Wildman–Crippen MR) is 64.0 cm³/mol. The van der Waals surface area contributed by atoms with Crippen LogP contribution in [0.3, 0.4) is 0 Å².